The summed E-state index contributed by atoms with van der Waals surface area (Å²) in [5.74, 6) is -0.297. The minimum absolute atomic E-state index is 0.190. The normalized spacial score (nSPS) is 18.2. The molecule has 0 fully saturated rings. The number of alkyl halides is 3. The van der Waals surface area contributed by atoms with Crippen LogP contribution in [0.5, 0.6) is 0 Å². The maximum atomic E-state index is 12.6. The Bertz CT molecular complexity index is 710. The smallest absolute Gasteiger partial charge is 0.382 e. The van der Waals surface area contributed by atoms with Crippen LogP contribution in [0.2, 0.25) is 0 Å². The van der Waals surface area contributed by atoms with E-state index in [0.29, 0.717) is 18.0 Å². The second-order valence-corrected chi connectivity index (χ2v) is 5.23. The number of carbonyl (C=O) groups excluding carboxylic acids is 1. The van der Waals surface area contributed by atoms with E-state index < -0.39 is 11.7 Å². The number of halogens is 3. The lowest BCUT2D eigenvalue weighted by Crippen LogP contribution is -2.44. The van der Waals surface area contributed by atoms with Gasteiger partial charge in [0.05, 0.1) is 24.8 Å². The summed E-state index contributed by atoms with van der Waals surface area (Å²) in [5.41, 5.74) is 0.0546. The summed E-state index contributed by atoms with van der Waals surface area (Å²) in [4.78, 5) is 14.0. The van der Waals surface area contributed by atoms with Crippen molar-refractivity contribution in [2.45, 2.75) is 12.2 Å². The van der Waals surface area contributed by atoms with E-state index in [9.17, 15) is 18.0 Å². The summed E-state index contributed by atoms with van der Waals surface area (Å²) < 4.78 is 44.7. The van der Waals surface area contributed by atoms with Crippen LogP contribution in [0, 0.1) is 0 Å². The number of anilines is 1. The zero-order valence-electron chi connectivity index (χ0n) is 12.2. The summed E-state index contributed by atoms with van der Waals surface area (Å²) in [6.07, 6.45) is -2.88. The highest BCUT2D eigenvalue weighted by molar-refractivity contribution is 6.05. The molecule has 0 saturated carbocycles. The monoisotopic (exact) mass is 325 g/mol. The lowest BCUT2D eigenvalue weighted by atomic mass is 10.1. The van der Waals surface area contributed by atoms with Gasteiger partial charge in [-0.3, -0.25) is 9.48 Å². The Morgan fingerprint density at radius 1 is 1.26 bits per heavy atom. The molecule has 0 spiro atoms. The molecule has 23 heavy (non-hydrogen) atoms. The Morgan fingerprint density at radius 3 is 2.57 bits per heavy atom. The fraction of sp³-hybridized carbons (Fsp3) is 0.333. The van der Waals surface area contributed by atoms with E-state index in [4.69, 9.17) is 4.74 Å². The van der Waals surface area contributed by atoms with E-state index in [0.717, 1.165) is 12.1 Å². The van der Waals surface area contributed by atoms with Gasteiger partial charge in [0.2, 0.25) is 0 Å². The first-order chi connectivity index (χ1) is 10.9. The van der Waals surface area contributed by atoms with Crippen LogP contribution in [0.15, 0.2) is 36.5 Å². The number of ether oxygens (including phenoxy) is 1. The molecular formula is C15H14F3N3O2. The molecule has 1 aromatic carbocycles. The van der Waals surface area contributed by atoms with Crippen LogP contribution in [-0.2, 0) is 10.9 Å². The molecule has 122 valence electrons. The number of aromatic nitrogens is 2. The van der Waals surface area contributed by atoms with E-state index in [1.165, 1.54) is 23.2 Å². The van der Waals surface area contributed by atoms with Crippen LogP contribution in [0.3, 0.4) is 0 Å². The van der Waals surface area contributed by atoms with Crippen LogP contribution >= 0.6 is 0 Å². The maximum absolute atomic E-state index is 12.6. The third-order valence-electron chi connectivity index (χ3n) is 3.74. The molecule has 8 heteroatoms. The molecule has 5 nitrogen and oxygen atoms in total. The highest BCUT2D eigenvalue weighted by Crippen LogP contribution is 2.32. The summed E-state index contributed by atoms with van der Waals surface area (Å²) in [6.45, 7) is 0.631. The number of hydrogen-bond donors (Lipinski definition) is 0. The standard InChI is InChI=1S/C15H14F3N3O2/c1-23-9-12-8-20(14(22)13-6-7-19-21(12)13)11-4-2-10(3-5-11)15(16,17)18/h2-7,12H,8-9H2,1H3. The van der Waals surface area contributed by atoms with Crippen molar-refractivity contribution in [2.75, 3.05) is 25.2 Å². The molecule has 2 aromatic rings. The Morgan fingerprint density at radius 2 is 1.96 bits per heavy atom. The van der Waals surface area contributed by atoms with Crippen molar-refractivity contribution in [3.05, 3.63) is 47.8 Å². The largest absolute Gasteiger partial charge is 0.416 e. The van der Waals surface area contributed by atoms with Crippen LogP contribution < -0.4 is 4.90 Å². The molecule has 0 saturated heterocycles. The molecule has 3 rings (SSSR count). The van der Waals surface area contributed by atoms with Crippen molar-refractivity contribution >= 4 is 11.6 Å². The van der Waals surface area contributed by atoms with Gasteiger partial charge in [0, 0.05) is 19.0 Å². The van der Waals surface area contributed by atoms with Gasteiger partial charge >= 0.3 is 6.18 Å². The van der Waals surface area contributed by atoms with Crippen LogP contribution in [0.1, 0.15) is 22.1 Å². The third kappa shape index (κ3) is 2.81. The van der Waals surface area contributed by atoms with E-state index in [1.807, 2.05) is 0 Å². The maximum Gasteiger partial charge on any atom is 0.416 e. The van der Waals surface area contributed by atoms with E-state index in [2.05, 4.69) is 5.10 Å². The van der Waals surface area contributed by atoms with Crippen molar-refractivity contribution in [1.29, 1.82) is 0 Å². The molecule has 0 bridgehead atoms. The predicted octanol–water partition coefficient (Wildman–Crippen LogP) is 2.75. The molecule has 0 aliphatic carbocycles. The zero-order valence-corrected chi connectivity index (χ0v) is 12.2. The van der Waals surface area contributed by atoms with Crippen molar-refractivity contribution in [2.24, 2.45) is 0 Å². The highest BCUT2D eigenvalue weighted by atomic mass is 19.4. The number of nitrogens with zero attached hydrogens (tertiary/aromatic N) is 3. The van der Waals surface area contributed by atoms with Gasteiger partial charge < -0.3 is 9.64 Å². The zero-order chi connectivity index (χ0) is 16.6. The molecular weight excluding hydrogens is 311 g/mol. The Labute approximate surface area is 130 Å². The van der Waals surface area contributed by atoms with Crippen LogP contribution in [0.25, 0.3) is 0 Å². The number of carbonyl (C=O) groups is 1. The van der Waals surface area contributed by atoms with Gasteiger partial charge in [-0.15, -0.1) is 0 Å². The summed E-state index contributed by atoms with van der Waals surface area (Å²) in [5, 5.41) is 4.12. The fourth-order valence-corrected chi connectivity index (χ4v) is 2.65. The molecule has 1 atom stereocenters. The summed E-state index contributed by atoms with van der Waals surface area (Å²) in [6, 6.07) is 5.94. The number of methoxy groups -OCH3 is 1. The van der Waals surface area contributed by atoms with Gasteiger partial charge in [-0.05, 0) is 30.3 Å². The Hall–Kier alpha value is -2.35. The lowest BCUT2D eigenvalue weighted by Gasteiger charge is -2.33. The minimum atomic E-state index is -4.40. The molecule has 0 radical (unpaired) electrons. The molecule has 1 amide bonds. The average molecular weight is 325 g/mol. The quantitative estimate of drug-likeness (QED) is 0.872. The molecule has 1 unspecified atom stereocenters. The third-order valence-corrected chi connectivity index (χ3v) is 3.74. The van der Waals surface area contributed by atoms with Crippen molar-refractivity contribution < 1.29 is 22.7 Å². The first-order valence-corrected chi connectivity index (χ1v) is 6.93. The number of amides is 1. The van der Waals surface area contributed by atoms with Crippen molar-refractivity contribution in [1.82, 2.24) is 9.78 Å². The average Bonchev–Trinajstić information content (AvgIpc) is 3.00. The molecule has 1 aliphatic rings. The van der Waals surface area contributed by atoms with Gasteiger partial charge in [0.15, 0.2) is 0 Å². The van der Waals surface area contributed by atoms with Crippen LogP contribution in [-0.4, -0.2) is 35.9 Å². The fourth-order valence-electron chi connectivity index (χ4n) is 2.65. The topological polar surface area (TPSA) is 47.4 Å². The second-order valence-electron chi connectivity index (χ2n) is 5.23. The lowest BCUT2D eigenvalue weighted by molar-refractivity contribution is -0.137. The molecule has 1 aliphatic heterocycles. The number of hydrogen-bond acceptors (Lipinski definition) is 3. The number of rotatable bonds is 3. The Kier molecular flexibility index (Phi) is 3.85. The van der Waals surface area contributed by atoms with E-state index >= 15 is 0 Å². The van der Waals surface area contributed by atoms with E-state index in [1.54, 1.807) is 17.9 Å². The SMILES string of the molecule is COCC1CN(c2ccc(C(F)(F)F)cc2)C(=O)c2ccnn21. The molecule has 1 aromatic heterocycles. The van der Waals surface area contributed by atoms with Gasteiger partial charge in [0.25, 0.3) is 5.91 Å². The number of fused-ring (bicyclic) bond motifs is 1. The molecule has 0 N–H and O–H groups in total. The van der Waals surface area contributed by atoms with Gasteiger partial charge in [-0.25, -0.2) is 0 Å². The second kappa shape index (κ2) is 5.69. The summed E-state index contributed by atoms with van der Waals surface area (Å²) >= 11 is 0. The Balaban J connectivity index is 1.93. The van der Waals surface area contributed by atoms with Crippen LogP contribution in [0.4, 0.5) is 18.9 Å². The van der Waals surface area contributed by atoms with Gasteiger partial charge in [0.1, 0.15) is 5.69 Å². The van der Waals surface area contributed by atoms with Crippen molar-refractivity contribution in [3.63, 3.8) is 0 Å². The number of benzene rings is 1. The first-order valence-electron chi connectivity index (χ1n) is 6.93. The minimum Gasteiger partial charge on any atom is -0.382 e. The van der Waals surface area contributed by atoms with E-state index in [-0.39, 0.29) is 18.5 Å². The summed E-state index contributed by atoms with van der Waals surface area (Å²) in [7, 11) is 1.54. The molecule has 2 heterocycles. The highest BCUT2D eigenvalue weighted by Gasteiger charge is 2.34. The predicted molar refractivity (Wildman–Crippen MR) is 76.3 cm³/mol. The van der Waals surface area contributed by atoms with Gasteiger partial charge in [-0.1, -0.05) is 0 Å². The van der Waals surface area contributed by atoms with Gasteiger partial charge in [-0.2, -0.15) is 18.3 Å². The first kappa shape index (κ1) is 15.5. The van der Waals surface area contributed by atoms with Crippen molar-refractivity contribution in [3.8, 4) is 0 Å².